The molecule has 0 amide bonds. The number of nitrogens with one attached hydrogen (secondary N) is 1. The van der Waals surface area contributed by atoms with Crippen molar-refractivity contribution in [2.75, 3.05) is 0 Å². The van der Waals surface area contributed by atoms with E-state index in [9.17, 15) is 8.78 Å². The quantitative estimate of drug-likeness (QED) is 0.623. The van der Waals surface area contributed by atoms with Crippen LogP contribution in [-0.4, -0.2) is 9.97 Å². The average molecular weight is 388 g/mol. The fraction of sp³-hybridized carbons (Fsp3) is 0. The van der Waals surface area contributed by atoms with Gasteiger partial charge in [-0.05, 0) is 18.2 Å². The zero-order valence-electron chi connectivity index (χ0n) is 9.35. The van der Waals surface area contributed by atoms with Gasteiger partial charge in [0.05, 0.1) is 11.0 Å². The molecular weight excluding hydrogens is 382 g/mol. The van der Waals surface area contributed by atoms with E-state index in [4.69, 9.17) is 0 Å². The molecule has 1 heterocycles. The molecule has 3 aromatic rings. The van der Waals surface area contributed by atoms with Crippen LogP contribution < -0.4 is 0 Å². The molecule has 0 unspecified atom stereocenters. The molecule has 1 N–H and O–H groups in total. The number of rotatable bonds is 1. The molecule has 0 aliphatic heterocycles. The smallest absolute Gasteiger partial charge is 0.161 e. The summed E-state index contributed by atoms with van der Waals surface area (Å²) in [5.41, 5.74) is 1.66. The normalized spacial score (nSPS) is 11.2. The van der Waals surface area contributed by atoms with Crippen LogP contribution >= 0.6 is 31.9 Å². The van der Waals surface area contributed by atoms with Gasteiger partial charge in [0.15, 0.2) is 11.6 Å². The molecular formula is C13H6Br2F2N2. The number of hydrogen-bond acceptors (Lipinski definition) is 1. The maximum atomic E-state index is 13.2. The molecule has 1 aromatic heterocycles. The van der Waals surface area contributed by atoms with Crippen LogP contribution in [0.15, 0.2) is 39.3 Å². The second-order valence-electron chi connectivity index (χ2n) is 3.99. The summed E-state index contributed by atoms with van der Waals surface area (Å²) in [6.07, 6.45) is 0. The van der Waals surface area contributed by atoms with E-state index < -0.39 is 11.6 Å². The Kier molecular flexibility index (Phi) is 3.14. The minimum atomic E-state index is -0.904. The lowest BCUT2D eigenvalue weighted by Crippen LogP contribution is -1.82. The van der Waals surface area contributed by atoms with Crippen molar-refractivity contribution >= 4 is 42.9 Å². The van der Waals surface area contributed by atoms with Gasteiger partial charge in [-0.25, -0.2) is 13.8 Å². The Morgan fingerprint density at radius 3 is 2.53 bits per heavy atom. The van der Waals surface area contributed by atoms with Gasteiger partial charge in [-0.2, -0.15) is 0 Å². The molecule has 2 nitrogen and oxygen atoms in total. The van der Waals surface area contributed by atoms with E-state index in [1.54, 1.807) is 0 Å². The largest absolute Gasteiger partial charge is 0.338 e. The van der Waals surface area contributed by atoms with E-state index in [0.717, 1.165) is 26.6 Å². The Morgan fingerprint density at radius 1 is 1.00 bits per heavy atom. The highest BCUT2D eigenvalue weighted by Crippen LogP contribution is 2.30. The Bertz CT molecular complexity index is 745. The van der Waals surface area contributed by atoms with Crippen LogP contribution in [0.3, 0.4) is 0 Å². The molecule has 0 saturated carbocycles. The first-order valence-corrected chi connectivity index (χ1v) is 6.93. The van der Waals surface area contributed by atoms with Crippen LogP contribution in [0, 0.1) is 11.6 Å². The van der Waals surface area contributed by atoms with E-state index >= 15 is 0 Å². The third kappa shape index (κ3) is 2.30. The molecule has 0 atom stereocenters. The zero-order valence-corrected chi connectivity index (χ0v) is 12.5. The highest BCUT2D eigenvalue weighted by atomic mass is 79.9. The van der Waals surface area contributed by atoms with Crippen LogP contribution in [0.5, 0.6) is 0 Å². The van der Waals surface area contributed by atoms with Gasteiger partial charge in [-0.15, -0.1) is 0 Å². The van der Waals surface area contributed by atoms with Gasteiger partial charge in [-0.3, -0.25) is 0 Å². The summed E-state index contributed by atoms with van der Waals surface area (Å²) in [7, 11) is 0. The number of benzene rings is 2. The minimum absolute atomic E-state index is 0.390. The van der Waals surface area contributed by atoms with Gasteiger partial charge >= 0.3 is 0 Å². The molecule has 0 radical (unpaired) electrons. The topological polar surface area (TPSA) is 28.7 Å². The fourth-order valence-electron chi connectivity index (χ4n) is 1.81. The predicted octanol–water partition coefficient (Wildman–Crippen LogP) is 5.03. The first kappa shape index (κ1) is 12.7. The number of nitrogens with zero attached hydrogens (tertiary/aromatic N) is 1. The van der Waals surface area contributed by atoms with Gasteiger partial charge in [0, 0.05) is 26.6 Å². The summed E-state index contributed by atoms with van der Waals surface area (Å²) < 4.78 is 28.1. The molecule has 0 aliphatic rings. The summed E-state index contributed by atoms with van der Waals surface area (Å²) >= 11 is 6.80. The first-order chi connectivity index (χ1) is 9.04. The highest BCUT2D eigenvalue weighted by molar-refractivity contribution is 9.11. The number of fused-ring (bicyclic) bond motifs is 1. The number of imidazole rings is 1. The maximum absolute atomic E-state index is 13.2. The number of aromatic amines is 1. The lowest BCUT2D eigenvalue weighted by molar-refractivity contribution is 0.510. The predicted molar refractivity (Wildman–Crippen MR) is 76.8 cm³/mol. The van der Waals surface area contributed by atoms with E-state index in [1.807, 2.05) is 18.2 Å². The summed E-state index contributed by atoms with van der Waals surface area (Å²) in [4.78, 5) is 7.25. The van der Waals surface area contributed by atoms with Crippen LogP contribution in [0.4, 0.5) is 8.78 Å². The molecule has 3 rings (SSSR count). The number of aromatic nitrogens is 2. The van der Waals surface area contributed by atoms with Gasteiger partial charge < -0.3 is 4.98 Å². The summed E-state index contributed by atoms with van der Waals surface area (Å²) in [5.74, 6) is -1.25. The van der Waals surface area contributed by atoms with E-state index in [2.05, 4.69) is 41.8 Å². The van der Waals surface area contributed by atoms with Crippen molar-refractivity contribution in [3.63, 3.8) is 0 Å². The van der Waals surface area contributed by atoms with E-state index in [0.29, 0.717) is 16.9 Å². The van der Waals surface area contributed by atoms with E-state index in [-0.39, 0.29) is 0 Å². The lowest BCUT2D eigenvalue weighted by atomic mass is 10.2. The SMILES string of the molecule is Fc1cc2nc(-c3cc(Br)ccc3Br)[nH]c2cc1F. The van der Waals surface area contributed by atoms with E-state index in [1.165, 1.54) is 0 Å². The molecule has 0 saturated heterocycles. The molecule has 0 aliphatic carbocycles. The monoisotopic (exact) mass is 386 g/mol. The van der Waals surface area contributed by atoms with Crippen LogP contribution in [0.1, 0.15) is 0 Å². The Hall–Kier alpha value is -1.27. The molecule has 0 spiro atoms. The lowest BCUT2D eigenvalue weighted by Gasteiger charge is -2.01. The fourth-order valence-corrected chi connectivity index (χ4v) is 2.61. The number of halogens is 4. The van der Waals surface area contributed by atoms with Crippen molar-refractivity contribution in [3.05, 3.63) is 50.9 Å². The Labute approximate surface area is 124 Å². The third-order valence-corrected chi connectivity index (χ3v) is 3.89. The summed E-state index contributed by atoms with van der Waals surface area (Å²) in [6.45, 7) is 0. The van der Waals surface area contributed by atoms with Crippen molar-refractivity contribution in [1.82, 2.24) is 9.97 Å². The van der Waals surface area contributed by atoms with Gasteiger partial charge in [0.25, 0.3) is 0 Å². The minimum Gasteiger partial charge on any atom is -0.338 e. The van der Waals surface area contributed by atoms with Gasteiger partial charge in [-0.1, -0.05) is 31.9 Å². The molecule has 96 valence electrons. The van der Waals surface area contributed by atoms with Gasteiger partial charge in [0.2, 0.25) is 0 Å². The van der Waals surface area contributed by atoms with Crippen molar-refractivity contribution in [2.45, 2.75) is 0 Å². The number of H-pyrrole nitrogens is 1. The molecule has 19 heavy (non-hydrogen) atoms. The third-order valence-electron chi connectivity index (χ3n) is 2.71. The Balaban J connectivity index is 2.23. The Morgan fingerprint density at radius 2 is 1.74 bits per heavy atom. The molecule has 6 heteroatoms. The molecule has 0 bridgehead atoms. The average Bonchev–Trinajstić information content (AvgIpc) is 2.75. The second-order valence-corrected chi connectivity index (χ2v) is 5.76. The molecule has 2 aromatic carbocycles. The highest BCUT2D eigenvalue weighted by Gasteiger charge is 2.12. The summed E-state index contributed by atoms with van der Waals surface area (Å²) in [5, 5.41) is 0. The van der Waals surface area contributed by atoms with Crippen molar-refractivity contribution in [2.24, 2.45) is 0 Å². The van der Waals surface area contributed by atoms with Crippen LogP contribution in [0.2, 0.25) is 0 Å². The van der Waals surface area contributed by atoms with Crippen LogP contribution in [-0.2, 0) is 0 Å². The number of hydrogen-bond donors (Lipinski definition) is 1. The molecule has 0 fully saturated rings. The summed E-state index contributed by atoms with van der Waals surface area (Å²) in [6, 6.07) is 7.81. The van der Waals surface area contributed by atoms with Crippen molar-refractivity contribution in [1.29, 1.82) is 0 Å². The zero-order chi connectivity index (χ0) is 13.6. The van der Waals surface area contributed by atoms with Crippen molar-refractivity contribution in [3.8, 4) is 11.4 Å². The second kappa shape index (κ2) is 4.68. The van der Waals surface area contributed by atoms with Crippen molar-refractivity contribution < 1.29 is 8.78 Å². The standard InChI is InChI=1S/C13H6Br2F2N2/c14-6-1-2-8(15)7(3-6)13-18-11-4-9(16)10(17)5-12(11)19-13/h1-5H,(H,18,19). The first-order valence-electron chi connectivity index (χ1n) is 5.35. The van der Waals surface area contributed by atoms with Crippen LogP contribution in [0.25, 0.3) is 22.4 Å². The maximum Gasteiger partial charge on any atom is 0.161 e. The van der Waals surface area contributed by atoms with Gasteiger partial charge in [0.1, 0.15) is 5.82 Å².